The van der Waals surface area contributed by atoms with Gasteiger partial charge < -0.3 is 20.1 Å². The SMILES string of the molecule is O=C(NCc1ccc(Br)cc1Oc1ccccc1)C1CNCCO1. The highest BCUT2D eigenvalue weighted by Gasteiger charge is 2.21. The molecule has 1 atom stereocenters. The Kier molecular flexibility index (Phi) is 5.85. The molecule has 0 radical (unpaired) electrons. The lowest BCUT2D eigenvalue weighted by molar-refractivity contribution is -0.134. The van der Waals surface area contributed by atoms with Gasteiger partial charge in [0.1, 0.15) is 17.6 Å². The number of para-hydroxylation sites is 1. The Morgan fingerprint density at radius 2 is 2.12 bits per heavy atom. The van der Waals surface area contributed by atoms with Gasteiger partial charge in [-0.2, -0.15) is 0 Å². The number of carbonyl (C=O) groups excluding carboxylic acids is 1. The van der Waals surface area contributed by atoms with Crippen LogP contribution < -0.4 is 15.4 Å². The number of rotatable bonds is 5. The number of halogens is 1. The maximum atomic E-state index is 12.2. The fraction of sp³-hybridized carbons (Fsp3) is 0.278. The number of morpholine rings is 1. The summed E-state index contributed by atoms with van der Waals surface area (Å²) in [7, 11) is 0. The zero-order chi connectivity index (χ0) is 16.8. The number of ether oxygens (including phenoxy) is 2. The molecule has 5 nitrogen and oxygen atoms in total. The molecule has 0 bridgehead atoms. The Morgan fingerprint density at radius 3 is 2.88 bits per heavy atom. The van der Waals surface area contributed by atoms with E-state index in [0.717, 1.165) is 22.3 Å². The maximum absolute atomic E-state index is 12.2. The maximum Gasteiger partial charge on any atom is 0.250 e. The highest BCUT2D eigenvalue weighted by Crippen LogP contribution is 2.28. The Labute approximate surface area is 149 Å². The molecule has 126 valence electrons. The summed E-state index contributed by atoms with van der Waals surface area (Å²) < 4.78 is 12.3. The molecule has 0 aliphatic carbocycles. The quantitative estimate of drug-likeness (QED) is 0.823. The van der Waals surface area contributed by atoms with Crippen LogP contribution in [-0.2, 0) is 16.1 Å². The summed E-state index contributed by atoms with van der Waals surface area (Å²) in [5.41, 5.74) is 0.902. The molecule has 1 aliphatic heterocycles. The predicted octanol–water partition coefficient (Wildman–Crippen LogP) is 2.85. The topological polar surface area (TPSA) is 59.6 Å². The van der Waals surface area contributed by atoms with E-state index in [1.165, 1.54) is 0 Å². The number of hydrogen-bond donors (Lipinski definition) is 2. The Bertz CT molecular complexity index is 688. The minimum atomic E-state index is -0.437. The molecule has 0 spiro atoms. The van der Waals surface area contributed by atoms with Crippen LogP contribution in [0.25, 0.3) is 0 Å². The van der Waals surface area contributed by atoms with E-state index in [4.69, 9.17) is 9.47 Å². The molecule has 1 heterocycles. The van der Waals surface area contributed by atoms with Gasteiger partial charge in [0, 0.05) is 29.7 Å². The van der Waals surface area contributed by atoms with Crippen molar-refractivity contribution in [3.8, 4) is 11.5 Å². The third kappa shape index (κ3) is 4.56. The van der Waals surface area contributed by atoms with E-state index in [1.54, 1.807) is 0 Å². The van der Waals surface area contributed by atoms with Crippen molar-refractivity contribution in [1.29, 1.82) is 0 Å². The first-order chi connectivity index (χ1) is 11.7. The van der Waals surface area contributed by atoms with Crippen LogP contribution >= 0.6 is 15.9 Å². The zero-order valence-corrected chi connectivity index (χ0v) is 14.7. The minimum absolute atomic E-state index is 0.115. The molecule has 2 N–H and O–H groups in total. The number of amides is 1. The van der Waals surface area contributed by atoms with Crippen molar-refractivity contribution >= 4 is 21.8 Å². The molecule has 3 rings (SSSR count). The van der Waals surface area contributed by atoms with Gasteiger partial charge in [0.15, 0.2) is 0 Å². The summed E-state index contributed by atoms with van der Waals surface area (Å²) in [4.78, 5) is 12.2. The van der Waals surface area contributed by atoms with Crippen LogP contribution in [0.2, 0.25) is 0 Å². The molecular weight excluding hydrogens is 372 g/mol. The summed E-state index contributed by atoms with van der Waals surface area (Å²) >= 11 is 3.46. The monoisotopic (exact) mass is 390 g/mol. The van der Waals surface area contributed by atoms with E-state index in [2.05, 4.69) is 26.6 Å². The zero-order valence-electron chi connectivity index (χ0n) is 13.1. The largest absolute Gasteiger partial charge is 0.457 e. The first-order valence-electron chi connectivity index (χ1n) is 7.84. The lowest BCUT2D eigenvalue weighted by atomic mass is 10.2. The van der Waals surface area contributed by atoms with E-state index >= 15 is 0 Å². The molecule has 1 aliphatic rings. The fourth-order valence-electron chi connectivity index (χ4n) is 2.41. The normalized spacial score (nSPS) is 17.3. The number of benzene rings is 2. The van der Waals surface area contributed by atoms with Crippen LogP contribution in [0.3, 0.4) is 0 Å². The average Bonchev–Trinajstić information content (AvgIpc) is 2.62. The van der Waals surface area contributed by atoms with Gasteiger partial charge in [-0.1, -0.05) is 40.2 Å². The van der Waals surface area contributed by atoms with E-state index < -0.39 is 6.10 Å². The van der Waals surface area contributed by atoms with Crippen molar-refractivity contribution in [2.45, 2.75) is 12.6 Å². The third-order valence-corrected chi connectivity index (χ3v) is 4.17. The second kappa shape index (κ2) is 8.28. The standard InChI is InChI=1S/C18H19BrN2O3/c19-14-7-6-13(11-21-18(22)17-12-20-8-9-23-17)16(10-14)24-15-4-2-1-3-5-15/h1-7,10,17,20H,8-9,11-12H2,(H,21,22). The second-order valence-corrected chi connectivity index (χ2v) is 6.36. The van der Waals surface area contributed by atoms with Crippen LogP contribution in [0.4, 0.5) is 0 Å². The van der Waals surface area contributed by atoms with Crippen molar-refractivity contribution in [2.75, 3.05) is 19.7 Å². The van der Waals surface area contributed by atoms with Gasteiger partial charge in [-0.15, -0.1) is 0 Å². The van der Waals surface area contributed by atoms with E-state index in [1.807, 2.05) is 48.5 Å². The van der Waals surface area contributed by atoms with Gasteiger partial charge in [-0.3, -0.25) is 4.79 Å². The van der Waals surface area contributed by atoms with E-state index in [9.17, 15) is 4.79 Å². The molecule has 6 heteroatoms. The smallest absolute Gasteiger partial charge is 0.250 e. The van der Waals surface area contributed by atoms with Crippen molar-refractivity contribution in [2.24, 2.45) is 0 Å². The average molecular weight is 391 g/mol. The third-order valence-electron chi connectivity index (χ3n) is 3.67. The Hall–Kier alpha value is -1.89. The summed E-state index contributed by atoms with van der Waals surface area (Å²) in [5.74, 6) is 1.34. The van der Waals surface area contributed by atoms with Crippen LogP contribution in [0, 0.1) is 0 Å². The van der Waals surface area contributed by atoms with Crippen LogP contribution in [0.1, 0.15) is 5.56 Å². The highest BCUT2D eigenvalue weighted by molar-refractivity contribution is 9.10. The lowest BCUT2D eigenvalue weighted by Gasteiger charge is -2.23. The molecule has 24 heavy (non-hydrogen) atoms. The molecule has 2 aromatic rings. The first kappa shape index (κ1) is 17.0. The fourth-order valence-corrected chi connectivity index (χ4v) is 2.76. The molecule has 2 aromatic carbocycles. The van der Waals surface area contributed by atoms with Crippen molar-refractivity contribution in [3.63, 3.8) is 0 Å². The summed E-state index contributed by atoms with van der Waals surface area (Å²) in [6.45, 7) is 2.26. The van der Waals surface area contributed by atoms with Crippen molar-refractivity contribution in [3.05, 3.63) is 58.6 Å². The lowest BCUT2D eigenvalue weighted by Crippen LogP contribution is -2.47. The van der Waals surface area contributed by atoms with Gasteiger partial charge in [0.2, 0.25) is 0 Å². The molecule has 1 fully saturated rings. The van der Waals surface area contributed by atoms with Crippen LogP contribution in [0.15, 0.2) is 53.0 Å². The molecule has 1 amide bonds. The van der Waals surface area contributed by atoms with Crippen molar-refractivity contribution in [1.82, 2.24) is 10.6 Å². The summed E-state index contributed by atoms with van der Waals surface area (Å²) in [6.07, 6.45) is -0.437. The minimum Gasteiger partial charge on any atom is -0.457 e. The van der Waals surface area contributed by atoms with Crippen molar-refractivity contribution < 1.29 is 14.3 Å². The Morgan fingerprint density at radius 1 is 1.29 bits per heavy atom. The number of nitrogens with one attached hydrogen (secondary N) is 2. The van der Waals surface area contributed by atoms with Gasteiger partial charge >= 0.3 is 0 Å². The van der Waals surface area contributed by atoms with Crippen LogP contribution in [0.5, 0.6) is 11.5 Å². The first-order valence-corrected chi connectivity index (χ1v) is 8.63. The van der Waals surface area contributed by atoms with E-state index in [0.29, 0.717) is 25.4 Å². The molecule has 1 unspecified atom stereocenters. The number of carbonyl (C=O) groups is 1. The second-order valence-electron chi connectivity index (χ2n) is 5.45. The van der Waals surface area contributed by atoms with Gasteiger partial charge in [-0.05, 0) is 24.3 Å². The molecule has 0 saturated carbocycles. The molecular formula is C18H19BrN2O3. The molecule has 1 saturated heterocycles. The summed E-state index contributed by atoms with van der Waals surface area (Å²) in [5, 5.41) is 6.06. The summed E-state index contributed by atoms with van der Waals surface area (Å²) in [6, 6.07) is 15.3. The number of hydrogen-bond acceptors (Lipinski definition) is 4. The van der Waals surface area contributed by atoms with Crippen LogP contribution in [-0.4, -0.2) is 31.7 Å². The van der Waals surface area contributed by atoms with E-state index in [-0.39, 0.29) is 5.91 Å². The predicted molar refractivity (Wildman–Crippen MR) is 95.1 cm³/mol. The van der Waals surface area contributed by atoms with Gasteiger partial charge in [0.05, 0.1) is 6.61 Å². The Balaban J connectivity index is 1.67. The molecule has 0 aromatic heterocycles. The van der Waals surface area contributed by atoms with Gasteiger partial charge in [0.25, 0.3) is 5.91 Å². The van der Waals surface area contributed by atoms with Gasteiger partial charge in [-0.25, -0.2) is 0 Å². The highest BCUT2D eigenvalue weighted by atomic mass is 79.9.